The molecule has 1 aromatic carbocycles. The Morgan fingerprint density at radius 3 is 2.68 bits per heavy atom. The standard InChI is InChI=1S/C16H26N2O/c1-12(2)19-16-8-6-5-7-15(16)18-10-9-13(3)17-14(4)11-18/h5-8,12-14,17H,9-11H2,1-4H3. The van der Waals surface area contributed by atoms with Crippen molar-refractivity contribution in [1.82, 2.24) is 5.32 Å². The summed E-state index contributed by atoms with van der Waals surface area (Å²) < 4.78 is 5.94. The van der Waals surface area contributed by atoms with Gasteiger partial charge in [-0.25, -0.2) is 0 Å². The fourth-order valence-electron chi connectivity index (χ4n) is 2.68. The van der Waals surface area contributed by atoms with Crippen molar-refractivity contribution in [2.24, 2.45) is 0 Å². The van der Waals surface area contributed by atoms with Gasteiger partial charge in [0.25, 0.3) is 0 Å². The van der Waals surface area contributed by atoms with Gasteiger partial charge in [0.15, 0.2) is 0 Å². The maximum atomic E-state index is 5.94. The van der Waals surface area contributed by atoms with E-state index in [4.69, 9.17) is 4.74 Å². The van der Waals surface area contributed by atoms with Crippen molar-refractivity contribution in [3.8, 4) is 5.75 Å². The summed E-state index contributed by atoms with van der Waals surface area (Å²) in [5, 5.41) is 3.62. The van der Waals surface area contributed by atoms with E-state index in [0.717, 1.165) is 18.8 Å². The van der Waals surface area contributed by atoms with E-state index in [9.17, 15) is 0 Å². The van der Waals surface area contributed by atoms with Gasteiger partial charge in [-0.1, -0.05) is 12.1 Å². The van der Waals surface area contributed by atoms with Crippen molar-refractivity contribution in [3.05, 3.63) is 24.3 Å². The average molecular weight is 262 g/mol. The van der Waals surface area contributed by atoms with Crippen LogP contribution in [0.5, 0.6) is 5.75 Å². The highest BCUT2D eigenvalue weighted by Gasteiger charge is 2.20. The minimum absolute atomic E-state index is 0.211. The van der Waals surface area contributed by atoms with Crippen LogP contribution in [0.1, 0.15) is 34.1 Å². The first kappa shape index (κ1) is 14.2. The third kappa shape index (κ3) is 3.87. The number of benzene rings is 1. The smallest absolute Gasteiger partial charge is 0.142 e. The van der Waals surface area contributed by atoms with Crippen molar-refractivity contribution in [2.45, 2.75) is 52.3 Å². The molecule has 19 heavy (non-hydrogen) atoms. The Hall–Kier alpha value is -1.22. The van der Waals surface area contributed by atoms with Gasteiger partial charge in [-0.2, -0.15) is 0 Å². The zero-order valence-corrected chi connectivity index (χ0v) is 12.5. The fraction of sp³-hybridized carbons (Fsp3) is 0.625. The number of nitrogens with one attached hydrogen (secondary N) is 1. The molecule has 1 aromatic rings. The minimum Gasteiger partial charge on any atom is -0.489 e. The molecule has 106 valence electrons. The van der Waals surface area contributed by atoms with Crippen molar-refractivity contribution in [1.29, 1.82) is 0 Å². The summed E-state index contributed by atoms with van der Waals surface area (Å²) in [7, 11) is 0. The topological polar surface area (TPSA) is 24.5 Å². The van der Waals surface area contributed by atoms with Crippen molar-refractivity contribution < 1.29 is 4.74 Å². The number of nitrogens with zero attached hydrogens (tertiary/aromatic N) is 1. The molecule has 3 nitrogen and oxygen atoms in total. The number of rotatable bonds is 3. The van der Waals surface area contributed by atoms with Crippen LogP contribution in [0.4, 0.5) is 5.69 Å². The Morgan fingerprint density at radius 1 is 1.21 bits per heavy atom. The van der Waals surface area contributed by atoms with Crippen molar-refractivity contribution in [2.75, 3.05) is 18.0 Å². The lowest BCUT2D eigenvalue weighted by Gasteiger charge is -2.27. The lowest BCUT2D eigenvalue weighted by Crippen LogP contribution is -2.37. The van der Waals surface area contributed by atoms with E-state index in [-0.39, 0.29) is 6.10 Å². The Bertz CT molecular complexity index is 405. The monoisotopic (exact) mass is 262 g/mol. The first-order valence-corrected chi connectivity index (χ1v) is 7.33. The van der Waals surface area contributed by atoms with Gasteiger partial charge in [0.1, 0.15) is 5.75 Å². The maximum Gasteiger partial charge on any atom is 0.142 e. The first-order chi connectivity index (χ1) is 9.06. The third-order valence-corrected chi connectivity index (χ3v) is 3.46. The molecule has 3 heteroatoms. The molecule has 1 N–H and O–H groups in total. The third-order valence-electron chi connectivity index (χ3n) is 3.46. The molecule has 0 bridgehead atoms. The number of hydrogen-bond donors (Lipinski definition) is 1. The molecule has 0 amide bonds. The second-order valence-corrected chi connectivity index (χ2v) is 5.84. The van der Waals surface area contributed by atoms with E-state index in [1.807, 2.05) is 6.07 Å². The highest BCUT2D eigenvalue weighted by atomic mass is 16.5. The summed E-state index contributed by atoms with van der Waals surface area (Å²) >= 11 is 0. The predicted molar refractivity (Wildman–Crippen MR) is 81.1 cm³/mol. The molecule has 0 spiro atoms. The van der Waals surface area contributed by atoms with Crippen molar-refractivity contribution >= 4 is 5.69 Å². The molecule has 0 radical (unpaired) electrons. The summed E-state index contributed by atoms with van der Waals surface area (Å²) in [6, 6.07) is 9.46. The van der Waals surface area contributed by atoms with Gasteiger partial charge in [0, 0.05) is 25.2 Å². The zero-order valence-electron chi connectivity index (χ0n) is 12.5. The highest BCUT2D eigenvalue weighted by Crippen LogP contribution is 2.30. The minimum atomic E-state index is 0.211. The molecule has 1 saturated heterocycles. The van der Waals surface area contributed by atoms with Gasteiger partial charge < -0.3 is 15.0 Å². The highest BCUT2D eigenvalue weighted by molar-refractivity contribution is 5.58. The molecular formula is C16H26N2O. The Morgan fingerprint density at radius 2 is 1.95 bits per heavy atom. The normalized spacial score (nSPS) is 24.4. The summed E-state index contributed by atoms with van der Waals surface area (Å²) in [6.45, 7) is 10.8. The average Bonchev–Trinajstić information content (AvgIpc) is 2.50. The number of para-hydroxylation sites is 2. The first-order valence-electron chi connectivity index (χ1n) is 7.33. The van der Waals surface area contributed by atoms with Crippen molar-refractivity contribution in [3.63, 3.8) is 0 Å². The van der Waals surface area contributed by atoms with Crippen LogP contribution in [0.25, 0.3) is 0 Å². The van der Waals surface area contributed by atoms with Crippen LogP contribution in [0.2, 0.25) is 0 Å². The second-order valence-electron chi connectivity index (χ2n) is 5.84. The van der Waals surface area contributed by atoms with Gasteiger partial charge in [-0.3, -0.25) is 0 Å². The van der Waals surface area contributed by atoms with E-state index >= 15 is 0 Å². The van der Waals surface area contributed by atoms with Crippen LogP contribution in [-0.2, 0) is 0 Å². The molecule has 1 aliphatic rings. The van der Waals surface area contributed by atoms with E-state index in [0.29, 0.717) is 12.1 Å². The van der Waals surface area contributed by atoms with Gasteiger partial charge in [0.2, 0.25) is 0 Å². The SMILES string of the molecule is CC1CCN(c2ccccc2OC(C)C)CC(C)N1. The molecule has 1 fully saturated rings. The quantitative estimate of drug-likeness (QED) is 0.906. The van der Waals surface area contributed by atoms with Crippen LogP contribution >= 0.6 is 0 Å². The molecule has 2 rings (SSSR count). The number of anilines is 1. The number of hydrogen-bond acceptors (Lipinski definition) is 3. The Labute approximate surface area is 116 Å². The van der Waals surface area contributed by atoms with Crippen LogP contribution < -0.4 is 15.0 Å². The molecular weight excluding hydrogens is 236 g/mol. The van der Waals surface area contributed by atoms with E-state index in [1.54, 1.807) is 0 Å². The van der Waals surface area contributed by atoms with Crippen LogP contribution in [-0.4, -0.2) is 31.3 Å². The largest absolute Gasteiger partial charge is 0.489 e. The molecule has 2 atom stereocenters. The van der Waals surface area contributed by atoms with E-state index < -0.39 is 0 Å². The Balaban J connectivity index is 2.20. The van der Waals surface area contributed by atoms with Crippen LogP contribution in [0, 0.1) is 0 Å². The fourth-order valence-corrected chi connectivity index (χ4v) is 2.68. The van der Waals surface area contributed by atoms with Crippen LogP contribution in [0.15, 0.2) is 24.3 Å². The lowest BCUT2D eigenvalue weighted by atomic mass is 10.2. The molecule has 1 aliphatic heterocycles. The summed E-state index contributed by atoms with van der Waals surface area (Å²) in [5.74, 6) is 0.999. The van der Waals surface area contributed by atoms with Gasteiger partial charge in [0.05, 0.1) is 11.8 Å². The summed E-state index contributed by atoms with van der Waals surface area (Å²) in [5.41, 5.74) is 1.22. The van der Waals surface area contributed by atoms with Gasteiger partial charge >= 0.3 is 0 Å². The van der Waals surface area contributed by atoms with Crippen LogP contribution in [0.3, 0.4) is 0 Å². The predicted octanol–water partition coefficient (Wildman–Crippen LogP) is 3.05. The summed E-state index contributed by atoms with van der Waals surface area (Å²) in [4.78, 5) is 2.44. The van der Waals surface area contributed by atoms with Gasteiger partial charge in [-0.05, 0) is 46.2 Å². The lowest BCUT2D eigenvalue weighted by molar-refractivity contribution is 0.243. The molecule has 2 unspecified atom stereocenters. The molecule has 1 heterocycles. The van der Waals surface area contributed by atoms with E-state index in [1.165, 1.54) is 12.1 Å². The number of ether oxygens (including phenoxy) is 1. The molecule has 0 aromatic heterocycles. The molecule has 0 aliphatic carbocycles. The zero-order chi connectivity index (χ0) is 13.8. The second kappa shape index (κ2) is 6.29. The Kier molecular flexibility index (Phi) is 4.70. The van der Waals surface area contributed by atoms with E-state index in [2.05, 4.69) is 56.1 Å². The van der Waals surface area contributed by atoms with Gasteiger partial charge in [-0.15, -0.1) is 0 Å². The summed E-state index contributed by atoms with van der Waals surface area (Å²) in [6.07, 6.45) is 1.38. The molecule has 0 saturated carbocycles. The maximum absolute atomic E-state index is 5.94.